The van der Waals surface area contributed by atoms with Crippen LogP contribution in [0.4, 0.5) is 22.7 Å². The molecule has 2 amide bonds. The summed E-state index contributed by atoms with van der Waals surface area (Å²) in [4.78, 5) is 37.1. The number of likely N-dealkylation sites (tertiary alicyclic amines) is 2. The molecule has 0 radical (unpaired) electrons. The number of aromatic nitrogens is 4. The highest BCUT2D eigenvalue weighted by Crippen LogP contribution is 2.35. The summed E-state index contributed by atoms with van der Waals surface area (Å²) in [6, 6.07) is 5.28. The van der Waals surface area contributed by atoms with Gasteiger partial charge in [0.05, 0.1) is 52.2 Å². The first-order chi connectivity index (χ1) is 22.5. The Balaban J connectivity index is 0.000000349. The van der Waals surface area contributed by atoms with Crippen molar-refractivity contribution in [1.82, 2.24) is 29.5 Å². The number of alkyl halides is 3. The number of carbonyl (C=O) groups excluding carboxylic acids is 2. The lowest BCUT2D eigenvalue weighted by molar-refractivity contribution is -0.327. The van der Waals surface area contributed by atoms with Gasteiger partial charge < -0.3 is 15.5 Å². The number of anilines is 1. The molecule has 0 aliphatic carbocycles. The minimum atomic E-state index is -4.78. The lowest BCUT2D eigenvalue weighted by Gasteiger charge is -2.38. The molecule has 2 aliphatic heterocycles. The van der Waals surface area contributed by atoms with Crippen LogP contribution in [-0.2, 0) is 26.2 Å². The van der Waals surface area contributed by atoms with Crippen molar-refractivity contribution < 1.29 is 44.9 Å². The second kappa shape index (κ2) is 13.7. The summed E-state index contributed by atoms with van der Waals surface area (Å²) < 4.78 is 87.1. The largest absolute Gasteiger partial charge is 0.522 e. The number of ether oxygens (including phenoxy) is 1. The van der Waals surface area contributed by atoms with Crippen molar-refractivity contribution >= 4 is 49.3 Å². The van der Waals surface area contributed by atoms with Gasteiger partial charge in [-0.3, -0.25) is 28.5 Å². The second-order valence-corrected chi connectivity index (χ2v) is 13.8. The standard InChI is InChI=1S/C22H23F4N7O3S.C7H8O3S/c1-11-19(37-21(27)29-11)20(35)31-7-12(8-31)18-17-14(23)5-28-6-15(17)33(30-18)9-16(34)32-4-2-3-13(32)10-36-22(24,25)26;1-6-2-4-7(5-3-6)11(8,9)10/h5-6,12-13H,2-4,7-10H2,1H3,(H2,27,29);2-5H,1H3,(H,8,9,10)/t13-;/m0./s1. The van der Waals surface area contributed by atoms with E-state index in [0.29, 0.717) is 59.4 Å². The highest BCUT2D eigenvalue weighted by atomic mass is 32.2. The molecule has 2 fully saturated rings. The smallest absolute Gasteiger partial charge is 0.375 e. The number of benzene rings is 1. The number of thiazole rings is 1. The van der Waals surface area contributed by atoms with E-state index in [9.17, 15) is 35.6 Å². The third-order valence-corrected chi connectivity index (χ3v) is 9.79. The Morgan fingerprint density at radius 3 is 2.44 bits per heavy atom. The van der Waals surface area contributed by atoms with Gasteiger partial charge in [-0.25, -0.2) is 9.37 Å². The molecule has 5 heterocycles. The predicted octanol–water partition coefficient (Wildman–Crippen LogP) is 3.93. The van der Waals surface area contributed by atoms with Crippen LogP contribution in [0, 0.1) is 19.7 Å². The molecule has 2 saturated heterocycles. The summed E-state index contributed by atoms with van der Waals surface area (Å²) in [7, 11) is -4.02. The van der Waals surface area contributed by atoms with E-state index in [0.717, 1.165) is 23.1 Å². The van der Waals surface area contributed by atoms with E-state index < -0.39 is 40.9 Å². The average Bonchev–Trinajstić information content (AvgIpc) is 3.68. The predicted molar refractivity (Wildman–Crippen MR) is 165 cm³/mol. The molecule has 1 aromatic carbocycles. The zero-order chi connectivity index (χ0) is 35.0. The first kappa shape index (κ1) is 35.1. The van der Waals surface area contributed by atoms with E-state index in [2.05, 4.69) is 19.8 Å². The SMILES string of the molecule is Cc1ccc(S(=O)(=O)O)cc1.Cc1nc(N)sc1C(=O)N1CC(c2nn(CC(=O)N3CCC[C@H]3COC(F)(F)F)c3cncc(F)c23)C1. The molecular weight excluding hydrogens is 682 g/mol. The molecule has 19 heteroatoms. The molecule has 13 nitrogen and oxygen atoms in total. The fraction of sp³-hybridized carbons (Fsp3) is 0.414. The Kier molecular flexibility index (Phi) is 10.0. The van der Waals surface area contributed by atoms with Crippen molar-refractivity contribution in [3.05, 3.63) is 64.3 Å². The fourth-order valence-electron chi connectivity index (χ4n) is 5.55. The second-order valence-electron chi connectivity index (χ2n) is 11.4. The minimum absolute atomic E-state index is 0.0666. The first-order valence-corrected chi connectivity index (χ1v) is 16.8. The fourth-order valence-corrected chi connectivity index (χ4v) is 6.83. The molecule has 0 unspecified atom stereocenters. The van der Waals surface area contributed by atoms with Crippen LogP contribution in [0.2, 0.25) is 0 Å². The third-order valence-electron chi connectivity index (χ3n) is 7.95. The van der Waals surface area contributed by atoms with Crippen LogP contribution in [0.3, 0.4) is 0 Å². The Labute approximate surface area is 276 Å². The Hall–Kier alpha value is -4.20. The quantitative estimate of drug-likeness (QED) is 0.211. The molecule has 3 N–H and O–H groups in total. The monoisotopic (exact) mass is 713 g/mol. The van der Waals surface area contributed by atoms with Crippen molar-refractivity contribution in [3.8, 4) is 0 Å². The van der Waals surface area contributed by atoms with E-state index in [1.54, 1.807) is 24.0 Å². The summed E-state index contributed by atoms with van der Waals surface area (Å²) in [6.45, 7) is 3.48. The van der Waals surface area contributed by atoms with Gasteiger partial charge in [0.15, 0.2) is 10.9 Å². The third kappa shape index (κ3) is 7.91. The van der Waals surface area contributed by atoms with Crippen molar-refractivity contribution in [2.45, 2.75) is 56.5 Å². The van der Waals surface area contributed by atoms with Crippen molar-refractivity contribution in [2.75, 3.05) is 32.0 Å². The number of nitrogens with two attached hydrogens (primary N) is 1. The number of halogens is 4. The van der Waals surface area contributed by atoms with Gasteiger partial charge in [-0.05, 0) is 38.8 Å². The molecular formula is C29H31F4N7O6S2. The van der Waals surface area contributed by atoms with Gasteiger partial charge in [0.2, 0.25) is 5.91 Å². The number of nitrogens with zero attached hydrogens (tertiary/aromatic N) is 6. The van der Waals surface area contributed by atoms with Crippen molar-refractivity contribution in [2.24, 2.45) is 0 Å². The number of amides is 2. The van der Waals surface area contributed by atoms with Gasteiger partial charge in [-0.1, -0.05) is 29.0 Å². The Morgan fingerprint density at radius 1 is 1.15 bits per heavy atom. The molecule has 0 spiro atoms. The maximum atomic E-state index is 14.8. The number of carbonyl (C=O) groups is 2. The van der Waals surface area contributed by atoms with E-state index in [1.165, 1.54) is 27.9 Å². The molecule has 4 aromatic rings. The van der Waals surface area contributed by atoms with Gasteiger partial charge >= 0.3 is 6.36 Å². The van der Waals surface area contributed by atoms with E-state index in [1.807, 2.05) is 6.92 Å². The lowest BCUT2D eigenvalue weighted by Crippen LogP contribution is -2.48. The van der Waals surface area contributed by atoms with Crippen LogP contribution in [0.5, 0.6) is 0 Å². The molecule has 0 bridgehead atoms. The number of nitrogen functional groups attached to an aromatic ring is 1. The van der Waals surface area contributed by atoms with Crippen LogP contribution < -0.4 is 5.73 Å². The van der Waals surface area contributed by atoms with Crippen LogP contribution in [0.15, 0.2) is 41.6 Å². The Bertz CT molecular complexity index is 1930. The summed E-state index contributed by atoms with van der Waals surface area (Å²) in [5.74, 6) is -1.55. The summed E-state index contributed by atoms with van der Waals surface area (Å²) in [5.41, 5.74) is 7.88. The maximum absolute atomic E-state index is 14.8. The minimum Gasteiger partial charge on any atom is -0.375 e. The van der Waals surface area contributed by atoms with Crippen LogP contribution >= 0.6 is 11.3 Å². The topological polar surface area (TPSA) is 174 Å². The average molecular weight is 714 g/mol. The van der Waals surface area contributed by atoms with Gasteiger partial charge in [0.25, 0.3) is 16.0 Å². The van der Waals surface area contributed by atoms with Crippen LogP contribution in [-0.4, -0.2) is 93.0 Å². The van der Waals surface area contributed by atoms with E-state index in [-0.39, 0.29) is 28.7 Å². The van der Waals surface area contributed by atoms with Gasteiger partial charge in [0.1, 0.15) is 11.4 Å². The number of hydrogen-bond donors (Lipinski definition) is 2. The van der Waals surface area contributed by atoms with Gasteiger partial charge in [-0.2, -0.15) is 13.5 Å². The zero-order valence-corrected chi connectivity index (χ0v) is 27.3. The molecule has 48 heavy (non-hydrogen) atoms. The molecule has 1 atom stereocenters. The summed E-state index contributed by atoms with van der Waals surface area (Å²) >= 11 is 1.10. The van der Waals surface area contributed by atoms with E-state index >= 15 is 0 Å². The van der Waals surface area contributed by atoms with Crippen molar-refractivity contribution in [1.29, 1.82) is 0 Å². The van der Waals surface area contributed by atoms with Gasteiger partial charge in [-0.15, -0.1) is 13.2 Å². The highest BCUT2D eigenvalue weighted by Gasteiger charge is 2.38. The summed E-state index contributed by atoms with van der Waals surface area (Å²) in [6.07, 6.45) is -1.40. The van der Waals surface area contributed by atoms with Gasteiger partial charge in [0, 0.05) is 25.6 Å². The molecule has 6 rings (SSSR count). The lowest BCUT2D eigenvalue weighted by atomic mass is 9.94. The number of fused-ring (bicyclic) bond motifs is 1. The number of rotatable bonds is 7. The molecule has 258 valence electrons. The maximum Gasteiger partial charge on any atom is 0.522 e. The number of pyridine rings is 1. The Morgan fingerprint density at radius 2 is 1.83 bits per heavy atom. The van der Waals surface area contributed by atoms with Crippen molar-refractivity contribution in [3.63, 3.8) is 0 Å². The molecule has 0 saturated carbocycles. The highest BCUT2D eigenvalue weighted by molar-refractivity contribution is 7.85. The first-order valence-electron chi connectivity index (χ1n) is 14.6. The number of hydrogen-bond acceptors (Lipinski definition) is 10. The molecule has 2 aliphatic rings. The van der Waals surface area contributed by atoms with Crippen LogP contribution in [0.1, 0.15) is 45.4 Å². The normalized spacial score (nSPS) is 16.9. The van der Waals surface area contributed by atoms with Crippen LogP contribution in [0.25, 0.3) is 10.9 Å². The van der Waals surface area contributed by atoms with E-state index in [4.69, 9.17) is 10.3 Å². The number of aryl methyl sites for hydroxylation is 2. The zero-order valence-electron chi connectivity index (χ0n) is 25.6. The molecule has 3 aromatic heterocycles. The summed E-state index contributed by atoms with van der Waals surface area (Å²) in [5, 5.41) is 5.00.